The zero-order valence-corrected chi connectivity index (χ0v) is 21.2. The summed E-state index contributed by atoms with van der Waals surface area (Å²) in [6, 6.07) is 4.78. The number of thiophene rings is 1. The molecule has 0 bridgehead atoms. The van der Waals surface area contributed by atoms with Gasteiger partial charge in [0.05, 0.1) is 12.8 Å². The van der Waals surface area contributed by atoms with E-state index in [1.54, 1.807) is 31.4 Å². The first-order valence-electron chi connectivity index (χ1n) is 11.7. The van der Waals surface area contributed by atoms with E-state index in [0.29, 0.717) is 24.6 Å². The van der Waals surface area contributed by atoms with Gasteiger partial charge in [-0.15, -0.1) is 23.7 Å². The summed E-state index contributed by atoms with van der Waals surface area (Å²) in [5, 5.41) is 1.02. The molecule has 5 nitrogen and oxygen atoms in total. The quantitative estimate of drug-likeness (QED) is 0.425. The van der Waals surface area contributed by atoms with Crippen molar-refractivity contribution in [2.75, 3.05) is 26.2 Å². The lowest BCUT2D eigenvalue weighted by atomic mass is 9.89. The minimum Gasteiger partial charge on any atom is -0.464 e. The smallest absolute Gasteiger partial charge is 0.219 e. The summed E-state index contributed by atoms with van der Waals surface area (Å²) in [5.41, 5.74) is 3.88. The number of benzene rings is 1. The van der Waals surface area contributed by atoms with E-state index in [4.69, 9.17) is 4.42 Å². The van der Waals surface area contributed by atoms with Crippen molar-refractivity contribution in [2.45, 2.75) is 52.0 Å². The normalized spacial score (nSPS) is 17.0. The Balaban J connectivity index is 0.00000274. The highest BCUT2D eigenvalue weighted by atomic mass is 35.5. The Kier molecular flexibility index (Phi) is 7.45. The van der Waals surface area contributed by atoms with Crippen LogP contribution in [0.1, 0.15) is 63.8 Å². The predicted molar refractivity (Wildman–Crippen MR) is 135 cm³/mol. The Morgan fingerprint density at radius 2 is 1.94 bits per heavy atom. The van der Waals surface area contributed by atoms with E-state index in [2.05, 4.69) is 4.90 Å². The zero-order chi connectivity index (χ0) is 23.1. The maximum Gasteiger partial charge on any atom is 0.219 e. The van der Waals surface area contributed by atoms with Gasteiger partial charge >= 0.3 is 0 Å². The Labute approximate surface area is 209 Å². The van der Waals surface area contributed by atoms with E-state index in [1.165, 1.54) is 33.0 Å². The third-order valence-electron chi connectivity index (χ3n) is 7.18. The number of furan rings is 1. The zero-order valence-electron chi connectivity index (χ0n) is 19.6. The van der Waals surface area contributed by atoms with E-state index >= 15 is 0 Å². The van der Waals surface area contributed by atoms with Gasteiger partial charge in [-0.1, -0.05) is 0 Å². The molecule has 0 atom stereocenters. The van der Waals surface area contributed by atoms with Crippen molar-refractivity contribution in [3.8, 4) is 0 Å². The summed E-state index contributed by atoms with van der Waals surface area (Å²) in [6.07, 6.45) is 5.52. The summed E-state index contributed by atoms with van der Waals surface area (Å²) < 4.78 is 19.1. The molecule has 4 heterocycles. The minimum atomic E-state index is -0.271. The molecule has 8 heteroatoms. The van der Waals surface area contributed by atoms with Crippen LogP contribution in [0.25, 0.3) is 11.0 Å². The summed E-state index contributed by atoms with van der Waals surface area (Å²) in [6.45, 7) is 7.52. The summed E-state index contributed by atoms with van der Waals surface area (Å²) in [7, 11) is 0. The monoisotopic (exact) mass is 504 g/mol. The van der Waals surface area contributed by atoms with Crippen molar-refractivity contribution in [1.29, 1.82) is 0 Å². The largest absolute Gasteiger partial charge is 0.464 e. The molecule has 0 unspecified atom stereocenters. The molecule has 1 aromatic carbocycles. The summed E-state index contributed by atoms with van der Waals surface area (Å²) >= 11 is 1.72. The number of hydrogen-bond acceptors (Lipinski definition) is 5. The average Bonchev–Trinajstić information content (AvgIpc) is 3.38. The molecule has 2 aliphatic heterocycles. The Bertz CT molecular complexity index is 1210. The second-order valence-corrected chi connectivity index (χ2v) is 10.4. The van der Waals surface area contributed by atoms with E-state index in [9.17, 15) is 14.0 Å². The Hall–Kier alpha value is -2.22. The van der Waals surface area contributed by atoms with Crippen molar-refractivity contribution >= 4 is 46.4 Å². The van der Waals surface area contributed by atoms with Crippen LogP contribution in [0.15, 0.2) is 28.9 Å². The van der Waals surface area contributed by atoms with Gasteiger partial charge in [-0.3, -0.25) is 9.59 Å². The summed E-state index contributed by atoms with van der Waals surface area (Å²) in [5.74, 6) is 0.388. The molecule has 2 aliphatic rings. The average molecular weight is 505 g/mol. The fourth-order valence-electron chi connectivity index (χ4n) is 5.38. The van der Waals surface area contributed by atoms with Crippen LogP contribution >= 0.6 is 23.7 Å². The third-order valence-corrected chi connectivity index (χ3v) is 8.45. The predicted octanol–water partition coefficient (Wildman–Crippen LogP) is 5.58. The van der Waals surface area contributed by atoms with Gasteiger partial charge in [0.25, 0.3) is 0 Å². The lowest BCUT2D eigenvalue weighted by Crippen LogP contribution is -2.34. The lowest BCUT2D eigenvalue weighted by molar-refractivity contribution is -0.129. The number of ketones is 1. The maximum absolute atomic E-state index is 13.5. The summed E-state index contributed by atoms with van der Waals surface area (Å²) in [4.78, 5) is 30.9. The molecule has 0 saturated carbocycles. The minimum absolute atomic E-state index is 0. The van der Waals surface area contributed by atoms with Gasteiger partial charge in [0.2, 0.25) is 5.91 Å². The number of amides is 1. The van der Waals surface area contributed by atoms with Crippen LogP contribution in [0.3, 0.4) is 0 Å². The molecule has 5 rings (SSSR count). The second-order valence-electron chi connectivity index (χ2n) is 9.25. The van der Waals surface area contributed by atoms with Gasteiger partial charge in [0.1, 0.15) is 11.4 Å². The van der Waals surface area contributed by atoms with Crippen LogP contribution < -0.4 is 0 Å². The van der Waals surface area contributed by atoms with Crippen LogP contribution in [0.4, 0.5) is 4.39 Å². The van der Waals surface area contributed by atoms with Crippen LogP contribution in [-0.4, -0.2) is 47.7 Å². The number of halogens is 2. The van der Waals surface area contributed by atoms with E-state index in [1.807, 2.05) is 11.0 Å². The van der Waals surface area contributed by atoms with Crippen molar-refractivity contribution < 1.29 is 18.4 Å². The van der Waals surface area contributed by atoms with Crippen molar-refractivity contribution in [2.24, 2.45) is 0 Å². The van der Waals surface area contributed by atoms with Crippen LogP contribution in [0.5, 0.6) is 0 Å². The van der Waals surface area contributed by atoms with Crippen molar-refractivity contribution in [3.05, 3.63) is 56.7 Å². The first-order chi connectivity index (χ1) is 15.9. The number of likely N-dealkylation sites (tertiary alicyclic amines) is 1. The standard InChI is InChI=1S/C26H29FN2O3S.ClH/c1-16(30)26-21-7-12-29(17(2)31)14-25(21)33-24(26)8-11-28-9-5-18(6-10-28)22-15-32-23-13-19(27)3-4-20(22)23;/h3-4,13,15,18H,5-12,14H2,1-2H3;1H. The van der Waals surface area contributed by atoms with E-state index in [-0.39, 0.29) is 29.9 Å². The van der Waals surface area contributed by atoms with Gasteiger partial charge < -0.3 is 14.2 Å². The second kappa shape index (κ2) is 10.2. The van der Waals surface area contributed by atoms with Crippen molar-refractivity contribution in [3.63, 3.8) is 0 Å². The fourth-order valence-corrected chi connectivity index (χ4v) is 6.79. The Morgan fingerprint density at radius 1 is 1.18 bits per heavy atom. The first-order valence-corrected chi connectivity index (χ1v) is 12.5. The highest BCUT2D eigenvalue weighted by Crippen LogP contribution is 2.36. The highest BCUT2D eigenvalue weighted by Gasteiger charge is 2.28. The van der Waals surface area contributed by atoms with Crippen LogP contribution in [-0.2, 0) is 24.2 Å². The van der Waals surface area contributed by atoms with Gasteiger partial charge in [-0.2, -0.15) is 0 Å². The topological polar surface area (TPSA) is 53.8 Å². The molecule has 1 saturated heterocycles. The molecule has 1 fully saturated rings. The molecular weight excluding hydrogens is 475 g/mol. The van der Waals surface area contributed by atoms with Gasteiger partial charge in [-0.25, -0.2) is 4.39 Å². The third kappa shape index (κ3) is 4.79. The molecule has 0 aliphatic carbocycles. The molecule has 34 heavy (non-hydrogen) atoms. The molecule has 2 aromatic heterocycles. The molecule has 0 radical (unpaired) electrons. The number of carbonyl (C=O) groups excluding carboxylic acids is 2. The number of nitrogens with zero attached hydrogens (tertiary/aromatic N) is 2. The highest BCUT2D eigenvalue weighted by molar-refractivity contribution is 7.12. The van der Waals surface area contributed by atoms with Gasteiger partial charge in [-0.05, 0) is 69.3 Å². The Morgan fingerprint density at radius 3 is 2.65 bits per heavy atom. The number of Topliss-reactive ketones (excluding diaryl/α,β-unsaturated/α-hetero) is 1. The SMILES string of the molecule is CC(=O)c1c(CCN2CCC(c3coc4cc(F)ccc34)CC2)sc2c1CCN(C(C)=O)C2.Cl. The lowest BCUT2D eigenvalue weighted by Gasteiger charge is -2.31. The maximum atomic E-state index is 13.5. The fraction of sp³-hybridized carbons (Fsp3) is 0.462. The number of rotatable bonds is 5. The van der Waals surface area contributed by atoms with Gasteiger partial charge in [0.15, 0.2) is 5.78 Å². The van der Waals surface area contributed by atoms with E-state index < -0.39 is 0 Å². The molecule has 1 amide bonds. The number of carbonyl (C=O) groups is 2. The molecular formula is C26H30ClFN2O3S. The molecule has 182 valence electrons. The van der Waals surface area contributed by atoms with E-state index in [0.717, 1.165) is 56.3 Å². The number of hydrogen-bond donors (Lipinski definition) is 0. The molecule has 0 spiro atoms. The molecule has 3 aromatic rings. The van der Waals surface area contributed by atoms with Crippen LogP contribution in [0, 0.1) is 5.82 Å². The number of fused-ring (bicyclic) bond motifs is 2. The number of piperidine rings is 1. The molecule has 0 N–H and O–H groups in total. The van der Waals surface area contributed by atoms with Gasteiger partial charge in [0, 0.05) is 52.3 Å². The van der Waals surface area contributed by atoms with Crippen molar-refractivity contribution in [1.82, 2.24) is 9.80 Å². The van der Waals surface area contributed by atoms with Crippen LogP contribution in [0.2, 0.25) is 0 Å². The first kappa shape index (κ1) is 24.9.